The van der Waals surface area contributed by atoms with Crippen molar-refractivity contribution in [2.45, 2.75) is 12.6 Å². The van der Waals surface area contributed by atoms with Crippen LogP contribution >= 0.6 is 0 Å². The fourth-order valence-corrected chi connectivity index (χ4v) is 2.20. The maximum absolute atomic E-state index is 11.7. The molecule has 2 aromatic carbocycles. The van der Waals surface area contributed by atoms with Gasteiger partial charge in [-0.1, -0.05) is 36.4 Å². The summed E-state index contributed by atoms with van der Waals surface area (Å²) in [5.41, 5.74) is 13.7. The number of rotatable bonds is 6. The van der Waals surface area contributed by atoms with Gasteiger partial charge < -0.3 is 16.2 Å². The molecule has 1 amide bonds. The summed E-state index contributed by atoms with van der Waals surface area (Å²) in [6, 6.07) is 14.2. The van der Waals surface area contributed by atoms with E-state index in [0.29, 0.717) is 18.0 Å². The van der Waals surface area contributed by atoms with Crippen LogP contribution in [0, 0.1) is 0 Å². The first-order valence-corrected chi connectivity index (χ1v) is 6.62. The molecule has 0 heterocycles. The van der Waals surface area contributed by atoms with E-state index in [4.69, 9.17) is 16.2 Å². The Morgan fingerprint density at radius 2 is 1.90 bits per heavy atom. The van der Waals surface area contributed by atoms with Crippen LogP contribution in [0.5, 0.6) is 5.75 Å². The van der Waals surface area contributed by atoms with Gasteiger partial charge >= 0.3 is 0 Å². The molecular formula is C16H19N3O2. The number of carbonyl (C=O) groups excluding carboxylic acids is 1. The monoisotopic (exact) mass is 285 g/mol. The molecule has 1 atom stereocenters. The van der Waals surface area contributed by atoms with E-state index < -0.39 is 11.9 Å². The molecule has 5 N–H and O–H groups in total. The molecule has 21 heavy (non-hydrogen) atoms. The minimum absolute atomic E-state index is 0.387. The fourth-order valence-electron chi connectivity index (χ4n) is 2.20. The highest BCUT2D eigenvalue weighted by Gasteiger charge is 2.18. The number of hydrogen-bond donors (Lipinski definition) is 3. The van der Waals surface area contributed by atoms with Crippen molar-refractivity contribution < 1.29 is 9.53 Å². The van der Waals surface area contributed by atoms with Crippen LogP contribution in [0.1, 0.15) is 17.2 Å². The molecule has 0 aliphatic heterocycles. The number of anilines is 1. The van der Waals surface area contributed by atoms with Gasteiger partial charge in [-0.15, -0.1) is 0 Å². The zero-order valence-electron chi connectivity index (χ0n) is 11.9. The Labute approximate surface area is 123 Å². The van der Waals surface area contributed by atoms with Crippen molar-refractivity contribution in [3.8, 4) is 5.75 Å². The third kappa shape index (κ3) is 3.52. The van der Waals surface area contributed by atoms with Gasteiger partial charge in [0.05, 0.1) is 7.11 Å². The fraction of sp³-hybridized carbons (Fsp3) is 0.188. The second kappa shape index (κ2) is 6.76. The van der Waals surface area contributed by atoms with Crippen molar-refractivity contribution in [1.82, 2.24) is 5.32 Å². The number of amides is 1. The topological polar surface area (TPSA) is 90.4 Å². The van der Waals surface area contributed by atoms with Crippen LogP contribution in [0.15, 0.2) is 48.5 Å². The number of nitrogen functional groups attached to an aromatic ring is 1. The van der Waals surface area contributed by atoms with Gasteiger partial charge in [0.1, 0.15) is 11.8 Å². The highest BCUT2D eigenvalue weighted by atomic mass is 16.5. The summed E-state index contributed by atoms with van der Waals surface area (Å²) in [7, 11) is 1.58. The summed E-state index contributed by atoms with van der Waals surface area (Å²) in [5, 5.41) is 3.13. The molecule has 5 heteroatoms. The molecule has 0 saturated carbocycles. The number of primary amides is 1. The molecule has 0 fully saturated rings. The maximum Gasteiger partial charge on any atom is 0.239 e. The third-order valence-electron chi connectivity index (χ3n) is 3.29. The van der Waals surface area contributed by atoms with Crippen molar-refractivity contribution in [2.75, 3.05) is 12.8 Å². The smallest absolute Gasteiger partial charge is 0.239 e. The van der Waals surface area contributed by atoms with Gasteiger partial charge in [-0.05, 0) is 17.7 Å². The maximum atomic E-state index is 11.7. The van der Waals surface area contributed by atoms with Gasteiger partial charge in [0.25, 0.3) is 0 Å². The second-order valence-corrected chi connectivity index (χ2v) is 4.66. The molecular weight excluding hydrogens is 266 g/mol. The van der Waals surface area contributed by atoms with Crippen LogP contribution < -0.4 is 21.5 Å². The van der Waals surface area contributed by atoms with Crippen LogP contribution in [-0.2, 0) is 11.3 Å². The number of nitrogens with two attached hydrogens (primary N) is 2. The molecule has 0 bridgehead atoms. The summed E-state index contributed by atoms with van der Waals surface area (Å²) in [5.74, 6) is 0.244. The number of nitrogens with one attached hydrogen (secondary N) is 1. The Hall–Kier alpha value is -2.53. The third-order valence-corrected chi connectivity index (χ3v) is 3.29. The Bertz CT molecular complexity index is 614. The van der Waals surface area contributed by atoms with Crippen molar-refractivity contribution >= 4 is 11.6 Å². The minimum atomic E-state index is -0.574. The molecule has 2 aromatic rings. The summed E-state index contributed by atoms with van der Waals surface area (Å²) in [4.78, 5) is 11.7. The van der Waals surface area contributed by atoms with E-state index in [1.54, 1.807) is 13.2 Å². The predicted octanol–water partition coefficient (Wildman–Crippen LogP) is 1.59. The minimum Gasteiger partial charge on any atom is -0.496 e. The van der Waals surface area contributed by atoms with Crippen molar-refractivity contribution in [1.29, 1.82) is 0 Å². The summed E-state index contributed by atoms with van der Waals surface area (Å²) in [6.07, 6.45) is 0. The Morgan fingerprint density at radius 1 is 1.19 bits per heavy atom. The zero-order chi connectivity index (χ0) is 15.2. The second-order valence-electron chi connectivity index (χ2n) is 4.66. The lowest BCUT2D eigenvalue weighted by molar-refractivity contribution is -0.120. The van der Waals surface area contributed by atoms with Gasteiger partial charge in [-0.3, -0.25) is 10.1 Å². The Kier molecular flexibility index (Phi) is 4.79. The van der Waals surface area contributed by atoms with Gasteiger partial charge in [-0.2, -0.15) is 0 Å². The van der Waals surface area contributed by atoms with Crippen LogP contribution in [0.3, 0.4) is 0 Å². The SMILES string of the molecule is COc1cccc(N)c1CNC(C(N)=O)c1ccccc1. The average molecular weight is 285 g/mol. The summed E-state index contributed by atoms with van der Waals surface area (Å²) >= 11 is 0. The largest absolute Gasteiger partial charge is 0.496 e. The Morgan fingerprint density at radius 3 is 2.52 bits per heavy atom. The number of hydrogen-bond acceptors (Lipinski definition) is 4. The zero-order valence-corrected chi connectivity index (χ0v) is 11.9. The van der Waals surface area contributed by atoms with E-state index >= 15 is 0 Å². The molecule has 0 aromatic heterocycles. The van der Waals surface area contributed by atoms with Gasteiger partial charge in [-0.25, -0.2) is 0 Å². The lowest BCUT2D eigenvalue weighted by atomic mass is 10.1. The van der Waals surface area contributed by atoms with E-state index in [9.17, 15) is 4.79 Å². The van der Waals surface area contributed by atoms with E-state index in [0.717, 1.165) is 11.1 Å². The van der Waals surface area contributed by atoms with Crippen LogP contribution in [0.2, 0.25) is 0 Å². The molecule has 0 aliphatic carbocycles. The number of methoxy groups -OCH3 is 1. The molecule has 2 rings (SSSR count). The van der Waals surface area contributed by atoms with Crippen molar-refractivity contribution in [3.63, 3.8) is 0 Å². The first kappa shape index (κ1) is 14.9. The molecule has 0 spiro atoms. The Balaban J connectivity index is 2.19. The predicted molar refractivity (Wildman–Crippen MR) is 82.6 cm³/mol. The molecule has 1 unspecified atom stereocenters. The van der Waals surface area contributed by atoms with Crippen LogP contribution in [-0.4, -0.2) is 13.0 Å². The van der Waals surface area contributed by atoms with E-state index in [-0.39, 0.29) is 0 Å². The lowest BCUT2D eigenvalue weighted by Gasteiger charge is -2.18. The quantitative estimate of drug-likeness (QED) is 0.703. The standard InChI is InChI=1S/C16H19N3O2/c1-21-14-9-5-8-13(17)12(14)10-19-15(16(18)20)11-6-3-2-4-7-11/h2-9,15,19H,10,17H2,1H3,(H2,18,20). The highest BCUT2D eigenvalue weighted by Crippen LogP contribution is 2.25. The first-order valence-electron chi connectivity index (χ1n) is 6.62. The lowest BCUT2D eigenvalue weighted by Crippen LogP contribution is -2.33. The molecule has 0 saturated heterocycles. The van der Waals surface area contributed by atoms with E-state index in [2.05, 4.69) is 5.32 Å². The summed E-state index contributed by atoms with van der Waals surface area (Å²) < 4.78 is 5.29. The summed E-state index contributed by atoms with van der Waals surface area (Å²) in [6.45, 7) is 0.387. The van der Waals surface area contributed by atoms with E-state index in [1.165, 1.54) is 0 Å². The van der Waals surface area contributed by atoms with Crippen molar-refractivity contribution in [2.24, 2.45) is 5.73 Å². The molecule has 0 aliphatic rings. The molecule has 5 nitrogen and oxygen atoms in total. The van der Waals surface area contributed by atoms with Crippen LogP contribution in [0.25, 0.3) is 0 Å². The number of benzene rings is 2. The van der Waals surface area contributed by atoms with Gasteiger partial charge in [0.15, 0.2) is 0 Å². The van der Waals surface area contributed by atoms with Gasteiger partial charge in [0, 0.05) is 17.8 Å². The average Bonchev–Trinajstić information content (AvgIpc) is 2.49. The molecule has 0 radical (unpaired) electrons. The molecule has 110 valence electrons. The highest BCUT2D eigenvalue weighted by molar-refractivity contribution is 5.81. The number of ether oxygens (including phenoxy) is 1. The van der Waals surface area contributed by atoms with Crippen LogP contribution in [0.4, 0.5) is 5.69 Å². The van der Waals surface area contributed by atoms with E-state index in [1.807, 2.05) is 42.5 Å². The number of carbonyl (C=O) groups is 1. The first-order chi connectivity index (χ1) is 10.1. The van der Waals surface area contributed by atoms with Crippen molar-refractivity contribution in [3.05, 3.63) is 59.7 Å². The normalized spacial score (nSPS) is 11.9. The van der Waals surface area contributed by atoms with Gasteiger partial charge in [0.2, 0.25) is 5.91 Å².